The van der Waals surface area contributed by atoms with E-state index in [0.29, 0.717) is 18.9 Å². The van der Waals surface area contributed by atoms with Gasteiger partial charge in [-0.2, -0.15) is 0 Å². The van der Waals surface area contributed by atoms with Crippen molar-refractivity contribution >= 4 is 17.8 Å². The maximum Gasteiger partial charge on any atom is 0.326 e. The number of likely N-dealkylation sites (tertiary alicyclic amines) is 1. The average molecular weight is 284 g/mol. The number of rotatable bonds is 4. The van der Waals surface area contributed by atoms with Crippen molar-refractivity contribution in [1.29, 1.82) is 0 Å². The highest BCUT2D eigenvalue weighted by Gasteiger charge is 2.38. The summed E-state index contributed by atoms with van der Waals surface area (Å²) in [4.78, 5) is 36.5. The van der Waals surface area contributed by atoms with Crippen LogP contribution in [0.4, 0.5) is 0 Å². The Morgan fingerprint density at radius 2 is 1.90 bits per heavy atom. The fourth-order valence-electron chi connectivity index (χ4n) is 2.55. The molecular weight excluding hydrogens is 260 g/mol. The number of amides is 2. The van der Waals surface area contributed by atoms with Crippen LogP contribution in [0.25, 0.3) is 0 Å². The number of hydrogen-bond donors (Lipinski definition) is 2. The van der Waals surface area contributed by atoms with Crippen molar-refractivity contribution < 1.29 is 19.5 Å². The Hall–Kier alpha value is -1.59. The van der Waals surface area contributed by atoms with Crippen LogP contribution in [-0.2, 0) is 14.4 Å². The monoisotopic (exact) mass is 284 g/mol. The summed E-state index contributed by atoms with van der Waals surface area (Å²) >= 11 is 0. The number of aliphatic carboxylic acids is 1. The van der Waals surface area contributed by atoms with E-state index in [4.69, 9.17) is 0 Å². The maximum absolute atomic E-state index is 12.5. The molecule has 0 aromatic heterocycles. The summed E-state index contributed by atoms with van der Waals surface area (Å²) in [6.45, 7) is 7.45. The third-order valence-corrected chi connectivity index (χ3v) is 3.72. The molecule has 1 aliphatic heterocycles. The second kappa shape index (κ2) is 6.72. The van der Waals surface area contributed by atoms with Gasteiger partial charge in [0.2, 0.25) is 11.8 Å². The van der Waals surface area contributed by atoms with Gasteiger partial charge in [-0.3, -0.25) is 9.59 Å². The molecule has 0 saturated carbocycles. The SMILES string of the molecule is CC(=O)NC(C(=O)N1CCC(C)CC1C(=O)O)C(C)C. The smallest absolute Gasteiger partial charge is 0.326 e. The lowest BCUT2D eigenvalue weighted by Crippen LogP contribution is -2.57. The van der Waals surface area contributed by atoms with Crippen molar-refractivity contribution in [3.05, 3.63) is 0 Å². The van der Waals surface area contributed by atoms with Crippen LogP contribution in [0, 0.1) is 11.8 Å². The van der Waals surface area contributed by atoms with E-state index in [1.165, 1.54) is 11.8 Å². The van der Waals surface area contributed by atoms with Gasteiger partial charge < -0.3 is 15.3 Å². The number of nitrogens with zero attached hydrogens (tertiary/aromatic N) is 1. The minimum atomic E-state index is -0.977. The van der Waals surface area contributed by atoms with Gasteiger partial charge in [-0.1, -0.05) is 20.8 Å². The van der Waals surface area contributed by atoms with Gasteiger partial charge in [0.1, 0.15) is 12.1 Å². The Kier molecular flexibility index (Phi) is 5.53. The van der Waals surface area contributed by atoms with Crippen LogP contribution in [0.3, 0.4) is 0 Å². The molecule has 6 heteroatoms. The van der Waals surface area contributed by atoms with Gasteiger partial charge in [0.15, 0.2) is 0 Å². The van der Waals surface area contributed by atoms with E-state index < -0.39 is 18.1 Å². The molecule has 2 amide bonds. The molecule has 1 heterocycles. The molecule has 2 N–H and O–H groups in total. The van der Waals surface area contributed by atoms with Gasteiger partial charge in [-0.25, -0.2) is 4.79 Å². The average Bonchev–Trinajstić information content (AvgIpc) is 2.34. The lowest BCUT2D eigenvalue weighted by Gasteiger charge is -2.38. The summed E-state index contributed by atoms with van der Waals surface area (Å²) in [5.74, 6) is -1.35. The maximum atomic E-state index is 12.5. The molecule has 114 valence electrons. The van der Waals surface area contributed by atoms with Gasteiger partial charge in [0.05, 0.1) is 0 Å². The minimum absolute atomic E-state index is 0.0832. The first-order chi connectivity index (χ1) is 9.23. The van der Waals surface area contributed by atoms with E-state index in [1.807, 2.05) is 20.8 Å². The van der Waals surface area contributed by atoms with Crippen LogP contribution in [0.5, 0.6) is 0 Å². The van der Waals surface area contributed by atoms with Crippen LogP contribution in [0.2, 0.25) is 0 Å². The van der Waals surface area contributed by atoms with Crippen LogP contribution in [0.15, 0.2) is 0 Å². The molecule has 1 aliphatic rings. The van der Waals surface area contributed by atoms with Crippen LogP contribution in [0.1, 0.15) is 40.5 Å². The van der Waals surface area contributed by atoms with E-state index in [0.717, 1.165) is 6.42 Å². The Morgan fingerprint density at radius 3 is 2.35 bits per heavy atom. The van der Waals surface area contributed by atoms with Crippen LogP contribution in [-0.4, -0.2) is 46.4 Å². The molecule has 3 atom stereocenters. The summed E-state index contributed by atoms with van der Waals surface area (Å²) in [5, 5.41) is 11.9. The molecule has 0 aromatic carbocycles. The van der Waals surface area contributed by atoms with Gasteiger partial charge in [-0.05, 0) is 24.7 Å². The van der Waals surface area contributed by atoms with E-state index in [1.54, 1.807) is 0 Å². The zero-order valence-electron chi connectivity index (χ0n) is 12.5. The molecular formula is C14H24N2O4. The Labute approximate surface area is 119 Å². The van der Waals surface area contributed by atoms with Gasteiger partial charge in [0, 0.05) is 13.5 Å². The van der Waals surface area contributed by atoms with Gasteiger partial charge in [0.25, 0.3) is 0 Å². The molecule has 0 aromatic rings. The zero-order chi connectivity index (χ0) is 15.4. The molecule has 1 saturated heterocycles. The first kappa shape index (κ1) is 16.5. The first-order valence-corrected chi connectivity index (χ1v) is 7.04. The predicted molar refractivity (Wildman–Crippen MR) is 74.0 cm³/mol. The predicted octanol–water partition coefficient (Wildman–Crippen LogP) is 0.859. The van der Waals surface area contributed by atoms with Crippen molar-refractivity contribution in [2.75, 3.05) is 6.54 Å². The van der Waals surface area contributed by atoms with E-state index >= 15 is 0 Å². The normalized spacial score (nSPS) is 24.4. The summed E-state index contributed by atoms with van der Waals surface area (Å²) in [5.41, 5.74) is 0. The summed E-state index contributed by atoms with van der Waals surface area (Å²) < 4.78 is 0. The highest BCUT2D eigenvalue weighted by molar-refractivity contribution is 5.90. The fraction of sp³-hybridized carbons (Fsp3) is 0.786. The van der Waals surface area contributed by atoms with Crippen molar-refractivity contribution in [2.45, 2.75) is 52.6 Å². The number of carbonyl (C=O) groups is 3. The highest BCUT2D eigenvalue weighted by Crippen LogP contribution is 2.24. The molecule has 0 radical (unpaired) electrons. The Bertz CT molecular complexity index is 395. The standard InChI is InChI=1S/C14H24N2O4/c1-8(2)12(15-10(4)17)13(18)16-6-5-9(3)7-11(16)14(19)20/h8-9,11-12H,5-7H2,1-4H3,(H,15,17)(H,19,20). The van der Waals surface area contributed by atoms with Gasteiger partial charge in [-0.15, -0.1) is 0 Å². The number of nitrogens with one attached hydrogen (secondary N) is 1. The summed E-state index contributed by atoms with van der Waals surface area (Å²) in [6, 6.07) is -1.45. The van der Waals surface area contributed by atoms with E-state index in [-0.39, 0.29) is 17.7 Å². The molecule has 0 bridgehead atoms. The summed E-state index contributed by atoms with van der Waals surface area (Å²) in [7, 11) is 0. The van der Waals surface area contributed by atoms with Crippen molar-refractivity contribution in [3.63, 3.8) is 0 Å². The lowest BCUT2D eigenvalue weighted by atomic mass is 9.91. The molecule has 1 rings (SSSR count). The zero-order valence-corrected chi connectivity index (χ0v) is 12.5. The molecule has 3 unspecified atom stereocenters. The van der Waals surface area contributed by atoms with Crippen molar-refractivity contribution in [1.82, 2.24) is 10.2 Å². The number of carboxylic acids is 1. The third kappa shape index (κ3) is 3.95. The van der Waals surface area contributed by atoms with Crippen molar-refractivity contribution in [2.24, 2.45) is 11.8 Å². The van der Waals surface area contributed by atoms with Crippen LogP contribution < -0.4 is 5.32 Å². The molecule has 6 nitrogen and oxygen atoms in total. The van der Waals surface area contributed by atoms with E-state index in [9.17, 15) is 19.5 Å². The first-order valence-electron chi connectivity index (χ1n) is 7.04. The minimum Gasteiger partial charge on any atom is -0.480 e. The largest absolute Gasteiger partial charge is 0.480 e. The Balaban J connectivity index is 2.90. The number of hydrogen-bond acceptors (Lipinski definition) is 3. The van der Waals surface area contributed by atoms with Crippen LogP contribution >= 0.6 is 0 Å². The summed E-state index contributed by atoms with van der Waals surface area (Å²) in [6.07, 6.45) is 1.26. The number of carbonyl (C=O) groups excluding carboxylic acids is 2. The third-order valence-electron chi connectivity index (χ3n) is 3.72. The molecule has 1 fully saturated rings. The molecule has 20 heavy (non-hydrogen) atoms. The van der Waals surface area contributed by atoms with Crippen molar-refractivity contribution in [3.8, 4) is 0 Å². The van der Waals surface area contributed by atoms with E-state index in [2.05, 4.69) is 5.32 Å². The molecule has 0 spiro atoms. The van der Waals surface area contributed by atoms with Gasteiger partial charge >= 0.3 is 5.97 Å². The highest BCUT2D eigenvalue weighted by atomic mass is 16.4. The number of piperidine rings is 1. The Morgan fingerprint density at radius 1 is 1.30 bits per heavy atom. The topological polar surface area (TPSA) is 86.7 Å². The quantitative estimate of drug-likeness (QED) is 0.801. The number of carboxylic acid groups (broad SMARTS) is 1. The second-order valence-corrected chi connectivity index (χ2v) is 5.94. The second-order valence-electron chi connectivity index (χ2n) is 5.94. The lowest BCUT2D eigenvalue weighted by molar-refractivity contribution is -0.154. The fourth-order valence-corrected chi connectivity index (χ4v) is 2.55. The molecule has 0 aliphatic carbocycles.